The lowest BCUT2D eigenvalue weighted by molar-refractivity contribution is 0.111. The van der Waals surface area contributed by atoms with Crippen LogP contribution in [0.5, 0.6) is 0 Å². The molecule has 2 aliphatic rings. The Morgan fingerprint density at radius 3 is 2.67 bits per heavy atom. The van der Waals surface area contributed by atoms with Crippen LogP contribution in [-0.2, 0) is 23.2 Å². The summed E-state index contributed by atoms with van der Waals surface area (Å²) >= 11 is 0. The second-order valence-electron chi connectivity index (χ2n) is 7.37. The van der Waals surface area contributed by atoms with Crippen LogP contribution in [0.2, 0.25) is 0 Å². The summed E-state index contributed by atoms with van der Waals surface area (Å²) in [5.74, 6) is 0. The van der Waals surface area contributed by atoms with E-state index < -0.39 is 0 Å². The van der Waals surface area contributed by atoms with Gasteiger partial charge >= 0.3 is 0 Å². The van der Waals surface area contributed by atoms with E-state index in [4.69, 9.17) is 10.5 Å². The van der Waals surface area contributed by atoms with E-state index in [0.29, 0.717) is 0 Å². The van der Waals surface area contributed by atoms with E-state index >= 15 is 0 Å². The summed E-state index contributed by atoms with van der Waals surface area (Å²) in [6.07, 6.45) is 7.44. The predicted octanol–water partition coefficient (Wildman–Crippen LogP) is 4.59. The summed E-state index contributed by atoms with van der Waals surface area (Å²) < 4.78 is 5.62. The van der Waals surface area contributed by atoms with Gasteiger partial charge in [-0.3, -0.25) is 0 Å². The highest BCUT2D eigenvalue weighted by Gasteiger charge is 2.32. The number of hydrogen-bond donors (Lipinski definition) is 1. The lowest BCUT2D eigenvalue weighted by Gasteiger charge is -2.37. The normalized spacial score (nSPS) is 19.7. The van der Waals surface area contributed by atoms with Crippen LogP contribution in [0.25, 0.3) is 11.1 Å². The van der Waals surface area contributed by atoms with Gasteiger partial charge in [0.05, 0.1) is 13.2 Å². The fourth-order valence-electron chi connectivity index (χ4n) is 4.55. The van der Waals surface area contributed by atoms with Crippen molar-refractivity contribution in [1.82, 2.24) is 0 Å². The van der Waals surface area contributed by atoms with E-state index in [1.165, 1.54) is 59.9 Å². The van der Waals surface area contributed by atoms with E-state index in [9.17, 15) is 0 Å². The Labute approximate surface area is 145 Å². The van der Waals surface area contributed by atoms with Crippen molar-refractivity contribution in [2.45, 2.75) is 50.5 Å². The van der Waals surface area contributed by atoms with Gasteiger partial charge < -0.3 is 10.5 Å². The molecule has 1 heterocycles. The molecule has 4 rings (SSSR count). The molecule has 1 aliphatic carbocycles. The number of rotatable bonds is 3. The highest BCUT2D eigenvalue weighted by atomic mass is 16.5. The van der Waals surface area contributed by atoms with Crippen LogP contribution < -0.4 is 5.73 Å². The fraction of sp³-hybridized carbons (Fsp3) is 0.455. The van der Waals surface area contributed by atoms with Crippen molar-refractivity contribution in [3.8, 4) is 11.1 Å². The zero-order chi connectivity index (χ0) is 16.4. The van der Waals surface area contributed by atoms with Crippen LogP contribution in [0, 0.1) is 0 Å². The van der Waals surface area contributed by atoms with Crippen LogP contribution in [0.4, 0.5) is 0 Å². The van der Waals surface area contributed by atoms with Crippen LogP contribution in [0.3, 0.4) is 0 Å². The third-order valence-electron chi connectivity index (χ3n) is 6.01. The average Bonchev–Trinajstić information content (AvgIpc) is 2.68. The Hall–Kier alpha value is -1.64. The van der Waals surface area contributed by atoms with Crippen LogP contribution >= 0.6 is 0 Å². The minimum atomic E-state index is 0.187. The Balaban J connectivity index is 1.76. The molecule has 0 amide bonds. The first-order valence-corrected chi connectivity index (χ1v) is 9.32. The first kappa shape index (κ1) is 15.9. The van der Waals surface area contributed by atoms with Crippen molar-refractivity contribution >= 4 is 0 Å². The number of fused-ring (bicyclic) bond motifs is 1. The van der Waals surface area contributed by atoms with Crippen molar-refractivity contribution in [1.29, 1.82) is 0 Å². The largest absolute Gasteiger partial charge is 0.376 e. The quantitative estimate of drug-likeness (QED) is 0.897. The van der Waals surface area contributed by atoms with Crippen LogP contribution in [0.15, 0.2) is 42.5 Å². The molecule has 2 heteroatoms. The Bertz CT molecular complexity index is 716. The minimum Gasteiger partial charge on any atom is -0.376 e. The molecule has 0 aromatic heterocycles. The van der Waals surface area contributed by atoms with Gasteiger partial charge in [-0.15, -0.1) is 0 Å². The Kier molecular flexibility index (Phi) is 4.43. The molecule has 0 bridgehead atoms. The Morgan fingerprint density at radius 1 is 1.00 bits per heavy atom. The number of nitrogens with two attached hydrogens (primary N) is 1. The molecule has 0 atom stereocenters. The van der Waals surface area contributed by atoms with Gasteiger partial charge in [0, 0.05) is 12.0 Å². The third kappa shape index (κ3) is 2.78. The predicted molar refractivity (Wildman–Crippen MR) is 99.1 cm³/mol. The van der Waals surface area contributed by atoms with Crippen LogP contribution in [-0.4, -0.2) is 13.2 Å². The standard InChI is InChI=1S/C22H27NO/c23-16-22(11-2-1-3-12-22)19-8-4-6-17(14-19)20-9-5-7-18-15-24-13-10-21(18)20/h4-9,14H,1-3,10-13,15-16,23H2. The van der Waals surface area contributed by atoms with Gasteiger partial charge in [0.15, 0.2) is 0 Å². The maximum Gasteiger partial charge on any atom is 0.0719 e. The van der Waals surface area contributed by atoms with E-state index in [2.05, 4.69) is 42.5 Å². The summed E-state index contributed by atoms with van der Waals surface area (Å²) in [6.45, 7) is 2.34. The maximum absolute atomic E-state index is 6.25. The van der Waals surface area contributed by atoms with E-state index in [1.54, 1.807) is 0 Å². The van der Waals surface area contributed by atoms with Gasteiger partial charge in [-0.1, -0.05) is 61.7 Å². The lowest BCUT2D eigenvalue weighted by atomic mass is 9.69. The van der Waals surface area contributed by atoms with Gasteiger partial charge in [-0.05, 0) is 47.1 Å². The smallest absolute Gasteiger partial charge is 0.0719 e. The van der Waals surface area contributed by atoms with Crippen molar-refractivity contribution in [3.63, 3.8) is 0 Å². The van der Waals surface area contributed by atoms with Crippen molar-refractivity contribution in [3.05, 3.63) is 59.2 Å². The van der Waals surface area contributed by atoms with Gasteiger partial charge in [0.2, 0.25) is 0 Å². The van der Waals surface area contributed by atoms with Crippen LogP contribution in [0.1, 0.15) is 48.8 Å². The molecule has 1 fully saturated rings. The van der Waals surface area contributed by atoms with Crippen molar-refractivity contribution < 1.29 is 4.74 Å². The molecule has 0 saturated heterocycles. The van der Waals surface area contributed by atoms with Crippen molar-refractivity contribution in [2.24, 2.45) is 5.73 Å². The first-order valence-electron chi connectivity index (χ1n) is 9.32. The summed E-state index contributed by atoms with van der Waals surface area (Å²) in [5.41, 5.74) is 13.4. The van der Waals surface area contributed by atoms with E-state index in [0.717, 1.165) is 26.2 Å². The molecule has 126 valence electrons. The third-order valence-corrected chi connectivity index (χ3v) is 6.01. The number of benzene rings is 2. The van der Waals surface area contributed by atoms with Gasteiger partial charge in [-0.2, -0.15) is 0 Å². The average molecular weight is 321 g/mol. The molecular weight excluding hydrogens is 294 g/mol. The molecule has 24 heavy (non-hydrogen) atoms. The highest BCUT2D eigenvalue weighted by molar-refractivity contribution is 5.70. The van der Waals surface area contributed by atoms with Gasteiger partial charge in [0.25, 0.3) is 0 Å². The molecule has 1 saturated carbocycles. The zero-order valence-electron chi connectivity index (χ0n) is 14.4. The first-order chi connectivity index (χ1) is 11.8. The molecule has 2 nitrogen and oxygen atoms in total. The molecule has 0 radical (unpaired) electrons. The minimum absolute atomic E-state index is 0.187. The topological polar surface area (TPSA) is 35.2 Å². The van der Waals surface area contributed by atoms with Gasteiger partial charge in [-0.25, -0.2) is 0 Å². The molecule has 2 aromatic carbocycles. The molecular formula is C22H27NO. The lowest BCUT2D eigenvalue weighted by Crippen LogP contribution is -2.37. The second-order valence-corrected chi connectivity index (χ2v) is 7.37. The summed E-state index contributed by atoms with van der Waals surface area (Å²) in [6, 6.07) is 15.8. The molecule has 2 N–H and O–H groups in total. The van der Waals surface area contributed by atoms with E-state index in [1.807, 2.05) is 0 Å². The molecule has 2 aromatic rings. The number of ether oxygens (including phenoxy) is 1. The molecule has 0 spiro atoms. The summed E-state index contributed by atoms with van der Waals surface area (Å²) in [4.78, 5) is 0. The SMILES string of the molecule is NCC1(c2cccc(-c3cccc4c3CCOC4)c2)CCCCC1. The molecule has 1 aliphatic heterocycles. The second kappa shape index (κ2) is 6.70. The summed E-state index contributed by atoms with van der Waals surface area (Å²) in [7, 11) is 0. The Morgan fingerprint density at radius 2 is 1.83 bits per heavy atom. The van der Waals surface area contributed by atoms with Crippen molar-refractivity contribution in [2.75, 3.05) is 13.2 Å². The van der Waals surface area contributed by atoms with Gasteiger partial charge in [0.1, 0.15) is 0 Å². The molecule has 0 unspecified atom stereocenters. The maximum atomic E-state index is 6.25. The highest BCUT2D eigenvalue weighted by Crippen LogP contribution is 2.40. The monoisotopic (exact) mass is 321 g/mol. The zero-order valence-corrected chi connectivity index (χ0v) is 14.4. The summed E-state index contributed by atoms with van der Waals surface area (Å²) in [5, 5.41) is 0. The fourth-order valence-corrected chi connectivity index (χ4v) is 4.55. The number of hydrogen-bond acceptors (Lipinski definition) is 2. The van der Waals surface area contributed by atoms with E-state index in [-0.39, 0.29) is 5.41 Å².